The maximum absolute atomic E-state index is 4.65. The highest BCUT2D eigenvalue weighted by atomic mass is 15.1. The first kappa shape index (κ1) is 16.1. The molecule has 0 radical (unpaired) electrons. The summed E-state index contributed by atoms with van der Waals surface area (Å²) in [6.07, 6.45) is 0.987. The second-order valence-electron chi connectivity index (χ2n) is 5.85. The van der Waals surface area contributed by atoms with E-state index in [2.05, 4.69) is 71.1 Å². The van der Waals surface area contributed by atoms with Crippen LogP contribution in [0.4, 0.5) is 11.6 Å². The Kier molecular flexibility index (Phi) is 5.46. The number of pyridine rings is 1. The van der Waals surface area contributed by atoms with Crippen LogP contribution in [-0.4, -0.2) is 11.5 Å². The van der Waals surface area contributed by atoms with Gasteiger partial charge in [-0.25, -0.2) is 4.98 Å². The van der Waals surface area contributed by atoms with Gasteiger partial charge in [0.05, 0.1) is 0 Å². The van der Waals surface area contributed by atoms with Crippen molar-refractivity contribution in [2.45, 2.75) is 19.4 Å². The minimum absolute atomic E-state index is 0.221. The van der Waals surface area contributed by atoms with Crippen LogP contribution in [0.25, 0.3) is 0 Å². The van der Waals surface area contributed by atoms with Gasteiger partial charge in [0, 0.05) is 12.6 Å². The van der Waals surface area contributed by atoms with E-state index in [1.165, 1.54) is 11.1 Å². The average molecular weight is 317 g/mol. The summed E-state index contributed by atoms with van der Waals surface area (Å²) in [5.41, 5.74) is 2.58. The van der Waals surface area contributed by atoms with Crippen molar-refractivity contribution in [2.75, 3.05) is 17.2 Å². The minimum Gasteiger partial charge on any atom is -0.370 e. The van der Waals surface area contributed by atoms with Crippen molar-refractivity contribution in [1.29, 1.82) is 0 Å². The van der Waals surface area contributed by atoms with Crippen LogP contribution in [0.3, 0.4) is 0 Å². The zero-order chi connectivity index (χ0) is 16.6. The molecule has 0 spiro atoms. The number of anilines is 2. The summed E-state index contributed by atoms with van der Waals surface area (Å²) in [5, 5.41) is 6.85. The number of aromatic nitrogens is 1. The summed E-state index contributed by atoms with van der Waals surface area (Å²) < 4.78 is 0. The Morgan fingerprint density at radius 3 is 2.21 bits per heavy atom. The van der Waals surface area contributed by atoms with Gasteiger partial charge in [-0.15, -0.1) is 0 Å². The van der Waals surface area contributed by atoms with E-state index in [1.54, 1.807) is 0 Å². The molecule has 3 nitrogen and oxygen atoms in total. The number of nitrogens with zero attached hydrogens (tertiary/aromatic N) is 1. The smallest absolute Gasteiger partial charge is 0.128 e. The molecule has 122 valence electrons. The van der Waals surface area contributed by atoms with E-state index in [0.717, 1.165) is 24.6 Å². The van der Waals surface area contributed by atoms with Crippen LogP contribution < -0.4 is 10.6 Å². The number of rotatable bonds is 7. The summed E-state index contributed by atoms with van der Waals surface area (Å²) in [6.45, 7) is 3.02. The average Bonchev–Trinajstić information content (AvgIpc) is 2.64. The van der Waals surface area contributed by atoms with Crippen molar-refractivity contribution in [1.82, 2.24) is 4.98 Å². The molecule has 0 saturated carbocycles. The van der Waals surface area contributed by atoms with E-state index in [9.17, 15) is 0 Å². The van der Waals surface area contributed by atoms with Gasteiger partial charge in [0.15, 0.2) is 0 Å². The second-order valence-corrected chi connectivity index (χ2v) is 5.85. The fourth-order valence-corrected chi connectivity index (χ4v) is 2.64. The largest absolute Gasteiger partial charge is 0.370 e. The van der Waals surface area contributed by atoms with E-state index >= 15 is 0 Å². The zero-order valence-corrected chi connectivity index (χ0v) is 13.9. The number of nitrogens with one attached hydrogen (secondary N) is 2. The Morgan fingerprint density at radius 2 is 1.46 bits per heavy atom. The fourth-order valence-electron chi connectivity index (χ4n) is 2.64. The lowest BCUT2D eigenvalue weighted by molar-refractivity contribution is 0.874. The molecule has 0 aliphatic carbocycles. The van der Waals surface area contributed by atoms with E-state index in [1.807, 2.05) is 30.3 Å². The van der Waals surface area contributed by atoms with Crippen LogP contribution >= 0.6 is 0 Å². The molecule has 2 aromatic carbocycles. The lowest BCUT2D eigenvalue weighted by Crippen LogP contribution is -2.10. The Morgan fingerprint density at radius 1 is 0.792 bits per heavy atom. The Balaban J connectivity index is 1.56. The summed E-state index contributed by atoms with van der Waals surface area (Å²) in [7, 11) is 0. The van der Waals surface area contributed by atoms with Crippen LogP contribution in [0.5, 0.6) is 0 Å². The molecule has 0 unspecified atom stereocenters. The molecule has 3 aromatic rings. The van der Waals surface area contributed by atoms with Gasteiger partial charge < -0.3 is 10.6 Å². The molecular formula is C21H23N3. The van der Waals surface area contributed by atoms with E-state index in [-0.39, 0.29) is 6.04 Å². The molecule has 0 fully saturated rings. The molecule has 0 amide bonds. The van der Waals surface area contributed by atoms with Gasteiger partial charge in [-0.1, -0.05) is 66.7 Å². The molecule has 0 saturated heterocycles. The molecule has 0 bridgehead atoms. The first-order valence-corrected chi connectivity index (χ1v) is 8.37. The maximum atomic E-state index is 4.65. The van der Waals surface area contributed by atoms with Crippen molar-refractivity contribution in [3.05, 3.63) is 90.0 Å². The summed E-state index contributed by atoms with van der Waals surface area (Å²) in [5.74, 6) is 1.78. The minimum atomic E-state index is 0.221. The van der Waals surface area contributed by atoms with Crippen LogP contribution in [0.15, 0.2) is 78.9 Å². The van der Waals surface area contributed by atoms with E-state index < -0.39 is 0 Å². The molecule has 0 aliphatic rings. The van der Waals surface area contributed by atoms with Crippen LogP contribution in [0.1, 0.15) is 24.1 Å². The van der Waals surface area contributed by atoms with Gasteiger partial charge in [-0.2, -0.15) is 0 Å². The number of hydrogen-bond donors (Lipinski definition) is 2. The van der Waals surface area contributed by atoms with Crippen LogP contribution in [0.2, 0.25) is 0 Å². The highest BCUT2D eigenvalue weighted by molar-refractivity contribution is 5.46. The summed E-state index contributed by atoms with van der Waals surface area (Å²) in [6, 6.07) is 27.1. The van der Waals surface area contributed by atoms with E-state index in [4.69, 9.17) is 0 Å². The van der Waals surface area contributed by atoms with Gasteiger partial charge in [0.2, 0.25) is 0 Å². The van der Waals surface area contributed by atoms with Gasteiger partial charge in [0.1, 0.15) is 11.6 Å². The fraction of sp³-hybridized carbons (Fsp3) is 0.190. The third-order valence-corrected chi connectivity index (χ3v) is 3.98. The molecule has 3 heteroatoms. The van der Waals surface area contributed by atoms with Crippen molar-refractivity contribution < 1.29 is 0 Å². The summed E-state index contributed by atoms with van der Waals surface area (Å²) in [4.78, 5) is 4.65. The SMILES string of the molecule is C[C@H](Nc1cccc(NCCc2ccccc2)n1)c1ccccc1. The van der Waals surface area contributed by atoms with Crippen molar-refractivity contribution >= 4 is 11.6 Å². The molecule has 24 heavy (non-hydrogen) atoms. The topological polar surface area (TPSA) is 37.0 Å². The first-order valence-electron chi connectivity index (χ1n) is 8.37. The third-order valence-electron chi connectivity index (χ3n) is 3.98. The molecule has 1 heterocycles. The molecule has 0 aliphatic heterocycles. The zero-order valence-electron chi connectivity index (χ0n) is 13.9. The Labute approximate surface area is 143 Å². The standard InChI is InChI=1S/C21H23N3/c1-17(19-11-6-3-7-12-19)23-21-14-8-13-20(24-21)22-16-15-18-9-4-2-5-10-18/h2-14,17H,15-16H2,1H3,(H2,22,23,24)/t17-/m0/s1. The second kappa shape index (κ2) is 8.16. The molecular weight excluding hydrogens is 294 g/mol. The predicted octanol–water partition coefficient (Wildman–Crippen LogP) is 4.91. The highest BCUT2D eigenvalue weighted by Crippen LogP contribution is 2.18. The van der Waals surface area contributed by atoms with Crippen LogP contribution in [0, 0.1) is 0 Å². The van der Waals surface area contributed by atoms with Crippen molar-refractivity contribution in [3.8, 4) is 0 Å². The lowest BCUT2D eigenvalue weighted by Gasteiger charge is -2.15. The van der Waals surface area contributed by atoms with Crippen LogP contribution in [-0.2, 0) is 6.42 Å². The van der Waals surface area contributed by atoms with E-state index in [0.29, 0.717) is 0 Å². The molecule has 1 atom stereocenters. The molecule has 1 aromatic heterocycles. The van der Waals surface area contributed by atoms with Crippen molar-refractivity contribution in [2.24, 2.45) is 0 Å². The van der Waals surface area contributed by atoms with Gasteiger partial charge in [0.25, 0.3) is 0 Å². The normalized spacial score (nSPS) is 11.7. The maximum Gasteiger partial charge on any atom is 0.128 e. The van der Waals surface area contributed by atoms with Gasteiger partial charge >= 0.3 is 0 Å². The first-order chi connectivity index (χ1) is 11.8. The molecule has 3 rings (SSSR count). The molecule has 2 N–H and O–H groups in total. The monoisotopic (exact) mass is 317 g/mol. The number of hydrogen-bond acceptors (Lipinski definition) is 3. The Bertz CT molecular complexity index is 741. The van der Waals surface area contributed by atoms with Gasteiger partial charge in [-0.05, 0) is 36.6 Å². The summed E-state index contributed by atoms with van der Waals surface area (Å²) >= 11 is 0. The van der Waals surface area contributed by atoms with Gasteiger partial charge in [-0.3, -0.25) is 0 Å². The Hall–Kier alpha value is -2.81. The predicted molar refractivity (Wildman–Crippen MR) is 101 cm³/mol. The lowest BCUT2D eigenvalue weighted by atomic mass is 10.1. The van der Waals surface area contributed by atoms with Crippen molar-refractivity contribution in [3.63, 3.8) is 0 Å². The third kappa shape index (κ3) is 4.59. The highest BCUT2D eigenvalue weighted by Gasteiger charge is 2.05. The quantitative estimate of drug-likeness (QED) is 0.650. The number of benzene rings is 2.